The molecule has 0 saturated carbocycles. The molecule has 0 aliphatic rings. The molecule has 0 amide bonds. The predicted octanol–water partition coefficient (Wildman–Crippen LogP) is 3.99. The van der Waals surface area contributed by atoms with Crippen LogP contribution in [-0.4, -0.2) is 11.8 Å². The Kier molecular flexibility index (Phi) is 4.88. The van der Waals surface area contributed by atoms with Gasteiger partial charge in [-0.2, -0.15) is 0 Å². The quantitative estimate of drug-likeness (QED) is 0.473. The standard InChI is InChI=1S/C18H18O3/c1-13(15-7-4-3-5-8-15)11-18(20)21-17-10-6-9-16(12-17)14(2)19/h3-10,12-13H,11H2,1-2H3. The number of ether oxygens (including phenoxy) is 1. The molecular weight excluding hydrogens is 264 g/mol. The van der Waals surface area contributed by atoms with Gasteiger partial charge < -0.3 is 4.74 Å². The highest BCUT2D eigenvalue weighted by Crippen LogP contribution is 2.20. The SMILES string of the molecule is CC(=O)c1cccc(OC(=O)CC(C)c2ccccc2)c1. The van der Waals surface area contributed by atoms with Crippen LogP contribution in [0.1, 0.15) is 42.1 Å². The van der Waals surface area contributed by atoms with Crippen molar-refractivity contribution >= 4 is 11.8 Å². The van der Waals surface area contributed by atoms with Crippen molar-refractivity contribution in [1.29, 1.82) is 0 Å². The van der Waals surface area contributed by atoms with E-state index in [2.05, 4.69) is 0 Å². The number of rotatable bonds is 5. The highest BCUT2D eigenvalue weighted by Gasteiger charge is 2.13. The van der Waals surface area contributed by atoms with E-state index in [0.29, 0.717) is 17.7 Å². The zero-order chi connectivity index (χ0) is 15.2. The summed E-state index contributed by atoms with van der Waals surface area (Å²) in [5, 5.41) is 0. The summed E-state index contributed by atoms with van der Waals surface area (Å²) in [5.41, 5.74) is 1.64. The second kappa shape index (κ2) is 6.84. The van der Waals surface area contributed by atoms with Gasteiger partial charge in [-0.25, -0.2) is 0 Å². The molecule has 0 saturated heterocycles. The number of hydrogen-bond acceptors (Lipinski definition) is 3. The Morgan fingerprint density at radius 2 is 1.76 bits per heavy atom. The molecule has 108 valence electrons. The molecular formula is C18H18O3. The molecule has 0 radical (unpaired) electrons. The summed E-state index contributed by atoms with van der Waals surface area (Å²) in [6.07, 6.45) is 0.300. The van der Waals surface area contributed by atoms with Crippen molar-refractivity contribution in [2.75, 3.05) is 0 Å². The Hall–Kier alpha value is -2.42. The number of carbonyl (C=O) groups excluding carboxylic acids is 2. The maximum absolute atomic E-state index is 12.0. The Labute approximate surface area is 124 Å². The van der Waals surface area contributed by atoms with Gasteiger partial charge >= 0.3 is 5.97 Å². The highest BCUT2D eigenvalue weighted by molar-refractivity contribution is 5.94. The summed E-state index contributed by atoms with van der Waals surface area (Å²) in [7, 11) is 0. The number of hydrogen-bond donors (Lipinski definition) is 0. The lowest BCUT2D eigenvalue weighted by Gasteiger charge is -2.11. The Morgan fingerprint density at radius 1 is 1.05 bits per heavy atom. The topological polar surface area (TPSA) is 43.4 Å². The normalized spacial score (nSPS) is 11.7. The lowest BCUT2D eigenvalue weighted by atomic mass is 9.98. The fraction of sp³-hybridized carbons (Fsp3) is 0.222. The number of carbonyl (C=O) groups is 2. The molecule has 21 heavy (non-hydrogen) atoms. The molecule has 3 nitrogen and oxygen atoms in total. The first kappa shape index (κ1) is 15.0. The first-order chi connectivity index (χ1) is 10.1. The summed E-state index contributed by atoms with van der Waals surface area (Å²) in [6.45, 7) is 3.47. The highest BCUT2D eigenvalue weighted by atomic mass is 16.5. The molecule has 1 atom stereocenters. The van der Waals surface area contributed by atoms with Crippen LogP contribution in [0.5, 0.6) is 5.75 Å². The van der Waals surface area contributed by atoms with Crippen molar-refractivity contribution in [1.82, 2.24) is 0 Å². The second-order valence-electron chi connectivity index (χ2n) is 5.07. The zero-order valence-electron chi connectivity index (χ0n) is 12.2. The van der Waals surface area contributed by atoms with Gasteiger partial charge in [-0.05, 0) is 30.5 Å². The van der Waals surface area contributed by atoms with Gasteiger partial charge in [0.15, 0.2) is 5.78 Å². The van der Waals surface area contributed by atoms with Crippen LogP contribution in [0.15, 0.2) is 54.6 Å². The molecule has 2 rings (SSSR count). The maximum atomic E-state index is 12.0. The lowest BCUT2D eigenvalue weighted by Crippen LogP contribution is -2.11. The molecule has 2 aromatic carbocycles. The van der Waals surface area contributed by atoms with Gasteiger partial charge in [0.25, 0.3) is 0 Å². The molecule has 0 aliphatic carbocycles. The molecule has 2 aromatic rings. The van der Waals surface area contributed by atoms with E-state index in [0.717, 1.165) is 5.56 Å². The van der Waals surface area contributed by atoms with Gasteiger partial charge in [0, 0.05) is 5.56 Å². The van der Waals surface area contributed by atoms with Crippen molar-refractivity contribution in [2.45, 2.75) is 26.2 Å². The van der Waals surface area contributed by atoms with Gasteiger partial charge in [0.2, 0.25) is 0 Å². The zero-order valence-corrected chi connectivity index (χ0v) is 12.2. The fourth-order valence-electron chi connectivity index (χ4n) is 2.10. The summed E-state index contributed by atoms with van der Waals surface area (Å²) in [4.78, 5) is 23.3. The van der Waals surface area contributed by atoms with Crippen LogP contribution >= 0.6 is 0 Å². The van der Waals surface area contributed by atoms with E-state index in [1.807, 2.05) is 37.3 Å². The van der Waals surface area contributed by atoms with Crippen LogP contribution in [-0.2, 0) is 4.79 Å². The van der Waals surface area contributed by atoms with E-state index in [1.54, 1.807) is 24.3 Å². The lowest BCUT2D eigenvalue weighted by molar-refractivity contribution is -0.134. The van der Waals surface area contributed by atoms with Gasteiger partial charge in [0.05, 0.1) is 6.42 Å². The molecule has 3 heteroatoms. The van der Waals surface area contributed by atoms with Gasteiger partial charge in [-0.15, -0.1) is 0 Å². The van der Waals surface area contributed by atoms with Crippen LogP contribution in [0, 0.1) is 0 Å². The maximum Gasteiger partial charge on any atom is 0.311 e. The van der Waals surface area contributed by atoms with Gasteiger partial charge in [-0.3, -0.25) is 9.59 Å². The average molecular weight is 282 g/mol. The van der Waals surface area contributed by atoms with E-state index in [-0.39, 0.29) is 17.7 Å². The molecule has 0 bridgehead atoms. The molecule has 0 fully saturated rings. The van der Waals surface area contributed by atoms with Gasteiger partial charge in [-0.1, -0.05) is 49.4 Å². The van der Waals surface area contributed by atoms with E-state index in [4.69, 9.17) is 4.74 Å². The molecule has 0 aliphatic heterocycles. The Bertz CT molecular complexity index is 632. The van der Waals surface area contributed by atoms with Crippen molar-refractivity contribution in [2.24, 2.45) is 0 Å². The average Bonchev–Trinajstić information content (AvgIpc) is 2.48. The first-order valence-corrected chi connectivity index (χ1v) is 6.93. The van der Waals surface area contributed by atoms with Crippen LogP contribution in [0.3, 0.4) is 0 Å². The largest absolute Gasteiger partial charge is 0.426 e. The number of ketones is 1. The fourth-order valence-corrected chi connectivity index (χ4v) is 2.10. The smallest absolute Gasteiger partial charge is 0.311 e. The third kappa shape index (κ3) is 4.28. The van der Waals surface area contributed by atoms with Crippen molar-refractivity contribution in [3.63, 3.8) is 0 Å². The van der Waals surface area contributed by atoms with Gasteiger partial charge in [0.1, 0.15) is 5.75 Å². The summed E-state index contributed by atoms with van der Waals surface area (Å²) in [6, 6.07) is 16.5. The van der Waals surface area contributed by atoms with E-state index >= 15 is 0 Å². The Morgan fingerprint density at radius 3 is 2.43 bits per heavy atom. The van der Waals surface area contributed by atoms with E-state index in [1.165, 1.54) is 6.92 Å². The van der Waals surface area contributed by atoms with Crippen molar-refractivity contribution in [3.8, 4) is 5.75 Å². The minimum Gasteiger partial charge on any atom is -0.426 e. The monoisotopic (exact) mass is 282 g/mol. The summed E-state index contributed by atoms with van der Waals surface area (Å²) in [5.74, 6) is 0.153. The summed E-state index contributed by atoms with van der Waals surface area (Å²) < 4.78 is 5.31. The van der Waals surface area contributed by atoms with Crippen LogP contribution in [0.25, 0.3) is 0 Å². The molecule has 0 aromatic heterocycles. The minimum atomic E-state index is -0.299. The number of esters is 1. The van der Waals surface area contributed by atoms with Crippen LogP contribution < -0.4 is 4.74 Å². The third-order valence-corrected chi connectivity index (χ3v) is 3.31. The molecule has 1 unspecified atom stereocenters. The number of Topliss-reactive ketones (excluding diaryl/α,β-unsaturated/α-hetero) is 1. The molecule has 0 N–H and O–H groups in total. The summed E-state index contributed by atoms with van der Waals surface area (Å²) >= 11 is 0. The first-order valence-electron chi connectivity index (χ1n) is 6.93. The van der Waals surface area contributed by atoms with E-state index in [9.17, 15) is 9.59 Å². The minimum absolute atomic E-state index is 0.0504. The molecule has 0 spiro atoms. The predicted molar refractivity (Wildman–Crippen MR) is 81.6 cm³/mol. The van der Waals surface area contributed by atoms with Crippen LogP contribution in [0.2, 0.25) is 0 Å². The van der Waals surface area contributed by atoms with E-state index < -0.39 is 0 Å². The Balaban J connectivity index is 1.99. The van der Waals surface area contributed by atoms with Crippen molar-refractivity contribution in [3.05, 3.63) is 65.7 Å². The molecule has 0 heterocycles. The number of benzene rings is 2. The van der Waals surface area contributed by atoms with Crippen LogP contribution in [0.4, 0.5) is 0 Å². The second-order valence-corrected chi connectivity index (χ2v) is 5.07. The van der Waals surface area contributed by atoms with Crippen molar-refractivity contribution < 1.29 is 14.3 Å². The third-order valence-electron chi connectivity index (χ3n) is 3.31.